The molecule has 0 fully saturated rings. The van der Waals surface area contributed by atoms with Crippen molar-refractivity contribution in [1.82, 2.24) is 9.80 Å². The van der Waals surface area contributed by atoms with Crippen molar-refractivity contribution in [2.75, 3.05) is 32.8 Å². The molecule has 2 heterocycles. The second-order valence-electron chi connectivity index (χ2n) is 9.04. The summed E-state index contributed by atoms with van der Waals surface area (Å²) in [7, 11) is 0. The summed E-state index contributed by atoms with van der Waals surface area (Å²) in [6.45, 7) is 11.0. The van der Waals surface area contributed by atoms with Gasteiger partial charge in [-0.2, -0.15) is 0 Å². The Labute approximate surface area is 190 Å². The van der Waals surface area contributed by atoms with Crippen LogP contribution in [0.1, 0.15) is 49.2 Å². The van der Waals surface area contributed by atoms with E-state index in [0.29, 0.717) is 32.2 Å². The highest BCUT2D eigenvalue weighted by Gasteiger charge is 2.33. The minimum atomic E-state index is -0.453. The van der Waals surface area contributed by atoms with Crippen LogP contribution in [-0.4, -0.2) is 59.7 Å². The number of hydrogen-bond acceptors (Lipinski definition) is 5. The normalized spacial score (nSPS) is 17.1. The van der Waals surface area contributed by atoms with Crippen LogP contribution in [0.15, 0.2) is 35.7 Å². The maximum absolute atomic E-state index is 13.4. The van der Waals surface area contributed by atoms with Gasteiger partial charge in [-0.1, -0.05) is 31.5 Å². The van der Waals surface area contributed by atoms with Crippen molar-refractivity contribution in [2.45, 2.75) is 52.7 Å². The predicted octanol–water partition coefficient (Wildman–Crippen LogP) is 4.29. The van der Waals surface area contributed by atoms with Crippen molar-refractivity contribution in [3.8, 4) is 5.75 Å². The van der Waals surface area contributed by atoms with E-state index in [4.69, 9.17) is 4.74 Å². The highest BCUT2D eigenvalue weighted by Crippen LogP contribution is 2.34. The summed E-state index contributed by atoms with van der Waals surface area (Å²) in [6.07, 6.45) is 1.45. The largest absolute Gasteiger partial charge is 0.491 e. The zero-order valence-corrected chi connectivity index (χ0v) is 20.0. The number of fused-ring (bicyclic) bond motifs is 1. The lowest BCUT2D eigenvalue weighted by atomic mass is 10.00. The number of nitrogens with zero attached hydrogens (tertiary/aromatic N) is 2. The van der Waals surface area contributed by atoms with Gasteiger partial charge in [0.25, 0.3) is 0 Å². The van der Waals surface area contributed by atoms with E-state index in [1.165, 1.54) is 16.0 Å². The Morgan fingerprint density at radius 3 is 2.68 bits per heavy atom. The Morgan fingerprint density at radius 2 is 2.00 bits per heavy atom. The highest BCUT2D eigenvalue weighted by atomic mass is 32.1. The Bertz CT molecular complexity index is 832. The van der Waals surface area contributed by atoms with E-state index < -0.39 is 6.10 Å². The van der Waals surface area contributed by atoms with Gasteiger partial charge in [0.05, 0.1) is 18.7 Å². The predicted molar refractivity (Wildman–Crippen MR) is 127 cm³/mol. The first-order chi connectivity index (χ1) is 14.8. The summed E-state index contributed by atoms with van der Waals surface area (Å²) < 4.78 is 6.11. The van der Waals surface area contributed by atoms with Gasteiger partial charge in [0.2, 0.25) is 5.91 Å². The molecule has 31 heavy (non-hydrogen) atoms. The van der Waals surface area contributed by atoms with Gasteiger partial charge in [0.1, 0.15) is 12.4 Å². The molecule has 0 unspecified atom stereocenters. The Morgan fingerprint density at radius 1 is 1.26 bits per heavy atom. The number of amides is 1. The third-order valence-corrected chi connectivity index (χ3v) is 6.74. The van der Waals surface area contributed by atoms with Crippen molar-refractivity contribution in [1.29, 1.82) is 0 Å². The fraction of sp³-hybridized carbons (Fsp3) is 0.560. The molecule has 1 aliphatic rings. The zero-order valence-electron chi connectivity index (χ0n) is 19.2. The van der Waals surface area contributed by atoms with Crippen LogP contribution in [0.3, 0.4) is 0 Å². The average Bonchev–Trinajstić information content (AvgIpc) is 3.20. The average molecular weight is 445 g/mol. The monoisotopic (exact) mass is 444 g/mol. The number of hydrogen-bond donors (Lipinski definition) is 1. The Hall–Kier alpha value is -1.89. The maximum Gasteiger partial charge on any atom is 0.237 e. The molecule has 0 aliphatic carbocycles. The molecule has 1 amide bonds. The molecule has 2 aromatic rings. The molecule has 5 nitrogen and oxygen atoms in total. The summed E-state index contributed by atoms with van der Waals surface area (Å²) >= 11 is 1.76. The molecule has 0 saturated heterocycles. The molecule has 1 aliphatic heterocycles. The second-order valence-corrected chi connectivity index (χ2v) is 10.0. The first kappa shape index (κ1) is 23.8. The van der Waals surface area contributed by atoms with E-state index in [1.54, 1.807) is 18.3 Å². The molecule has 1 aromatic carbocycles. The molecule has 1 N–H and O–H groups in total. The lowest BCUT2D eigenvalue weighted by Crippen LogP contribution is -2.47. The van der Waals surface area contributed by atoms with Crippen molar-refractivity contribution in [2.24, 2.45) is 5.92 Å². The van der Waals surface area contributed by atoms with E-state index in [-0.39, 0.29) is 11.9 Å². The molecule has 3 rings (SSSR count). The smallest absolute Gasteiger partial charge is 0.237 e. The van der Waals surface area contributed by atoms with Gasteiger partial charge in [-0.15, -0.1) is 11.3 Å². The number of carbonyl (C=O) groups is 1. The van der Waals surface area contributed by atoms with Crippen LogP contribution in [0.25, 0.3) is 0 Å². The summed E-state index contributed by atoms with van der Waals surface area (Å²) in [5.74, 6) is 1.50. The van der Waals surface area contributed by atoms with Crippen LogP contribution in [-0.2, 0) is 11.2 Å². The number of thiophene rings is 1. The zero-order chi connectivity index (χ0) is 22.4. The molecule has 0 bridgehead atoms. The SMILES string of the molecule is Cc1ccc(OC[C@H]2c3ccsc3CCN2C(=O)CN(CCC(C)C)C[C@@H](C)O)cc1. The number of aryl methyl sites for hydroxylation is 1. The van der Waals surface area contributed by atoms with Crippen LogP contribution in [0.2, 0.25) is 0 Å². The first-order valence-electron chi connectivity index (χ1n) is 11.3. The molecule has 1 aromatic heterocycles. The molecule has 2 atom stereocenters. The molecule has 6 heteroatoms. The van der Waals surface area contributed by atoms with Crippen LogP contribution in [0.5, 0.6) is 5.75 Å². The van der Waals surface area contributed by atoms with Gasteiger partial charge in [-0.3, -0.25) is 9.69 Å². The van der Waals surface area contributed by atoms with Gasteiger partial charge < -0.3 is 14.7 Å². The van der Waals surface area contributed by atoms with Gasteiger partial charge >= 0.3 is 0 Å². The van der Waals surface area contributed by atoms with E-state index in [2.05, 4.69) is 37.1 Å². The first-order valence-corrected chi connectivity index (χ1v) is 12.2. The van der Waals surface area contributed by atoms with Gasteiger partial charge in [0, 0.05) is 18.0 Å². The molecule has 170 valence electrons. The lowest BCUT2D eigenvalue weighted by molar-refractivity contribution is -0.136. The van der Waals surface area contributed by atoms with E-state index in [9.17, 15) is 9.90 Å². The van der Waals surface area contributed by atoms with Crippen molar-refractivity contribution in [3.05, 3.63) is 51.7 Å². The van der Waals surface area contributed by atoms with Crippen molar-refractivity contribution >= 4 is 17.2 Å². The summed E-state index contributed by atoms with van der Waals surface area (Å²) in [6, 6.07) is 10.1. The number of carbonyl (C=O) groups excluding carboxylic acids is 1. The maximum atomic E-state index is 13.4. The number of ether oxygens (including phenoxy) is 1. The third kappa shape index (κ3) is 6.79. The van der Waals surface area contributed by atoms with E-state index in [0.717, 1.165) is 25.1 Å². The quantitative estimate of drug-likeness (QED) is 0.594. The third-order valence-electron chi connectivity index (χ3n) is 5.75. The molecule has 0 spiro atoms. The van der Waals surface area contributed by atoms with Crippen molar-refractivity contribution < 1.29 is 14.6 Å². The minimum Gasteiger partial charge on any atom is -0.491 e. The van der Waals surface area contributed by atoms with Crippen molar-refractivity contribution in [3.63, 3.8) is 0 Å². The summed E-state index contributed by atoms with van der Waals surface area (Å²) in [5, 5.41) is 12.0. The van der Waals surface area contributed by atoms with E-state index >= 15 is 0 Å². The summed E-state index contributed by atoms with van der Waals surface area (Å²) in [4.78, 5) is 18.8. The summed E-state index contributed by atoms with van der Waals surface area (Å²) in [5.41, 5.74) is 2.41. The molecule has 0 saturated carbocycles. The number of aliphatic hydroxyl groups is 1. The molecular formula is C25H36N2O3S. The number of benzene rings is 1. The Balaban J connectivity index is 1.71. The molecular weight excluding hydrogens is 408 g/mol. The topological polar surface area (TPSA) is 53.0 Å². The number of aliphatic hydroxyl groups excluding tert-OH is 1. The minimum absolute atomic E-state index is 0.0812. The standard InChI is InChI=1S/C25H36N2O3S/c1-18(2)9-12-26(15-20(4)28)16-25(29)27-13-10-24-22(11-14-31-24)23(27)17-30-21-7-5-19(3)6-8-21/h5-8,11,14,18,20,23,28H,9-10,12-13,15-17H2,1-4H3/t20-,23+/m1/s1. The lowest BCUT2D eigenvalue weighted by Gasteiger charge is -2.37. The fourth-order valence-corrected chi connectivity index (χ4v) is 4.94. The fourth-order valence-electron chi connectivity index (χ4n) is 4.02. The molecule has 0 radical (unpaired) electrons. The number of rotatable bonds is 10. The van der Waals surface area contributed by atoms with Gasteiger partial charge in [-0.25, -0.2) is 0 Å². The van der Waals surface area contributed by atoms with Gasteiger partial charge in [-0.05, 0) is 68.3 Å². The van der Waals surface area contributed by atoms with Crippen LogP contribution >= 0.6 is 11.3 Å². The van der Waals surface area contributed by atoms with Crippen LogP contribution in [0.4, 0.5) is 0 Å². The second kappa shape index (κ2) is 11.1. The van der Waals surface area contributed by atoms with Crippen LogP contribution in [0, 0.1) is 12.8 Å². The highest BCUT2D eigenvalue weighted by molar-refractivity contribution is 7.10. The van der Waals surface area contributed by atoms with Gasteiger partial charge in [0.15, 0.2) is 0 Å². The van der Waals surface area contributed by atoms with Crippen LogP contribution < -0.4 is 4.74 Å². The van der Waals surface area contributed by atoms with E-state index in [1.807, 2.05) is 29.2 Å². The Kier molecular flexibility index (Phi) is 8.52.